The summed E-state index contributed by atoms with van der Waals surface area (Å²) in [6, 6.07) is -1.60. The van der Waals surface area contributed by atoms with Gasteiger partial charge in [0.05, 0.1) is 5.75 Å². The molecule has 2 atom stereocenters. The third kappa shape index (κ3) is 4.79. The third-order valence-corrected chi connectivity index (χ3v) is 9.05. The van der Waals surface area contributed by atoms with Gasteiger partial charge in [-0.3, -0.25) is 19.3 Å². The normalized spacial score (nSPS) is 20.5. The number of carbonyl (C=O) groups is 3. The first kappa shape index (κ1) is 27.0. The highest BCUT2D eigenvalue weighted by Gasteiger charge is 2.60. The Labute approximate surface area is 220 Å². The number of β-lactam (4-membered cyclic amide) rings is 1. The van der Waals surface area contributed by atoms with Crippen molar-refractivity contribution in [3.8, 4) is 5.88 Å². The summed E-state index contributed by atoms with van der Waals surface area (Å²) < 4.78 is 27.3. The zero-order valence-electron chi connectivity index (χ0n) is 19.4. The molecule has 2 amide bonds. The summed E-state index contributed by atoms with van der Waals surface area (Å²) in [7, 11) is -1.66. The molecule has 17 nitrogen and oxygen atoms in total. The van der Waals surface area contributed by atoms with Crippen LogP contribution < -0.4 is 16.6 Å². The quantitative estimate of drug-likeness (QED) is 0.108. The Balaban J connectivity index is 1.61. The third-order valence-electron chi connectivity index (χ3n) is 5.30. The molecule has 0 radical (unpaired) electrons. The first-order chi connectivity index (χ1) is 17.9. The highest BCUT2D eigenvalue weighted by molar-refractivity contribution is 7.99. The fourth-order valence-electron chi connectivity index (χ4n) is 3.75. The van der Waals surface area contributed by atoms with Gasteiger partial charge in [-0.2, -0.15) is 4.98 Å². The Morgan fingerprint density at radius 2 is 2.08 bits per heavy atom. The number of fused-ring (bicyclic) bond motifs is 1. The van der Waals surface area contributed by atoms with Crippen molar-refractivity contribution in [2.45, 2.75) is 16.6 Å². The molecule has 20 heteroatoms. The average molecular weight is 587 g/mol. The van der Waals surface area contributed by atoms with E-state index in [2.05, 4.69) is 30.4 Å². The number of nitrogens with one attached hydrogen (secondary N) is 1. The Hall–Kier alpha value is -4.04. The molecule has 202 valence electrons. The molecule has 4 rings (SSSR count). The summed E-state index contributed by atoms with van der Waals surface area (Å²) in [5.74, 6) is -5.40. The van der Waals surface area contributed by atoms with Gasteiger partial charge in [-0.05, 0) is 5.57 Å². The summed E-state index contributed by atoms with van der Waals surface area (Å²) >= 11 is 1.79. The van der Waals surface area contributed by atoms with E-state index >= 15 is 0 Å². The number of carboxylic acid groups (broad SMARTS) is 1. The fourth-order valence-corrected chi connectivity index (χ4v) is 7.37. The first-order valence-corrected chi connectivity index (χ1v) is 13.8. The van der Waals surface area contributed by atoms with E-state index in [9.17, 15) is 37.8 Å². The van der Waals surface area contributed by atoms with Gasteiger partial charge in [0.1, 0.15) is 24.5 Å². The van der Waals surface area contributed by atoms with Crippen molar-refractivity contribution in [2.24, 2.45) is 12.2 Å². The van der Waals surface area contributed by atoms with Gasteiger partial charge in [0.25, 0.3) is 17.7 Å². The summed E-state index contributed by atoms with van der Waals surface area (Å²) in [4.78, 5) is 62.3. The number of hydrogen-bond donors (Lipinski definition) is 4. The lowest BCUT2D eigenvalue weighted by Gasteiger charge is -2.49. The van der Waals surface area contributed by atoms with Gasteiger partial charge in [-0.25, -0.2) is 22.9 Å². The molecule has 38 heavy (non-hydrogen) atoms. The SMILES string of the molecule is CO/N=C(\C(=O)N[C@@H]1C(=O)N2C(C(=O)O)=C(CSc3nc(=O)c(O)nn3C)CS(=O)(=O)[C@H]12)c1csc(N)n1. The maximum Gasteiger partial charge on any atom is 0.352 e. The van der Waals surface area contributed by atoms with Crippen LogP contribution in [0.4, 0.5) is 5.13 Å². The molecule has 2 aromatic rings. The van der Waals surface area contributed by atoms with Crippen molar-refractivity contribution < 1.29 is 37.9 Å². The number of anilines is 1. The number of aryl methyl sites for hydroxylation is 1. The number of aliphatic carboxylic acids is 1. The topological polar surface area (TPSA) is 249 Å². The lowest BCUT2D eigenvalue weighted by atomic mass is 10.0. The zero-order valence-corrected chi connectivity index (χ0v) is 21.8. The molecule has 0 spiro atoms. The van der Waals surface area contributed by atoms with E-state index in [-0.39, 0.29) is 33.0 Å². The fraction of sp³-hybridized carbons (Fsp3) is 0.333. The molecule has 0 aromatic carbocycles. The molecule has 0 unspecified atom stereocenters. The van der Waals surface area contributed by atoms with Crippen LogP contribution in [0.3, 0.4) is 0 Å². The molecule has 0 bridgehead atoms. The maximum absolute atomic E-state index is 13.1. The van der Waals surface area contributed by atoms with Crippen LogP contribution in [0.2, 0.25) is 0 Å². The van der Waals surface area contributed by atoms with Gasteiger partial charge in [-0.15, -0.1) is 16.4 Å². The second-order valence-corrected chi connectivity index (χ2v) is 11.7. The predicted octanol–water partition coefficient (Wildman–Crippen LogP) is -2.52. The largest absolute Gasteiger partial charge is 0.488 e. The predicted molar refractivity (Wildman–Crippen MR) is 131 cm³/mol. The van der Waals surface area contributed by atoms with Crippen molar-refractivity contribution in [3.05, 3.63) is 32.7 Å². The number of carbonyl (C=O) groups excluding carboxylic acids is 2. The smallest absolute Gasteiger partial charge is 0.352 e. The van der Waals surface area contributed by atoms with Crippen molar-refractivity contribution in [2.75, 3.05) is 24.3 Å². The molecule has 2 aliphatic heterocycles. The number of nitrogens with zero attached hydrogens (tertiary/aromatic N) is 6. The van der Waals surface area contributed by atoms with Crippen LogP contribution in [0.15, 0.2) is 31.8 Å². The molecule has 4 heterocycles. The lowest BCUT2D eigenvalue weighted by molar-refractivity contribution is -0.150. The van der Waals surface area contributed by atoms with E-state index in [4.69, 9.17) is 5.73 Å². The number of rotatable bonds is 8. The van der Waals surface area contributed by atoms with Crippen LogP contribution in [0.25, 0.3) is 0 Å². The number of oxime groups is 1. The molecule has 2 aliphatic rings. The molecule has 0 aliphatic carbocycles. The standard InChI is InChI=1S/C18H18N8O9S3/c1-25-18(22-12(28)13(29)23-25)37-3-6-5-38(33,34)15-9(14(30)26(15)10(6)16(31)32)21-11(27)8(24-35-2)7-4-36-17(19)20-7/h4,9,15H,3,5H2,1-2H3,(H2,19,20)(H,21,27)(H,23,29)(H,31,32)/b24-8-/t9-,15-/m1/s1. The summed E-state index contributed by atoms with van der Waals surface area (Å²) in [5, 5.41) is 28.4. The Kier molecular flexibility index (Phi) is 7.12. The minimum Gasteiger partial charge on any atom is -0.488 e. The van der Waals surface area contributed by atoms with E-state index in [1.807, 2.05) is 0 Å². The number of hydrogen-bond acceptors (Lipinski definition) is 15. The van der Waals surface area contributed by atoms with E-state index in [0.717, 1.165) is 34.9 Å². The first-order valence-electron chi connectivity index (χ1n) is 10.3. The number of sulfone groups is 1. The number of aromatic hydroxyl groups is 1. The van der Waals surface area contributed by atoms with Crippen molar-refractivity contribution in [1.29, 1.82) is 0 Å². The second-order valence-electron chi connectivity index (χ2n) is 7.74. The van der Waals surface area contributed by atoms with Crippen molar-refractivity contribution in [3.63, 3.8) is 0 Å². The number of thioether (sulfide) groups is 1. The number of amides is 2. The zero-order chi connectivity index (χ0) is 27.9. The highest BCUT2D eigenvalue weighted by Crippen LogP contribution is 2.38. The molecular weight excluding hydrogens is 568 g/mol. The van der Waals surface area contributed by atoms with Crippen LogP contribution in [-0.2, 0) is 36.1 Å². The van der Waals surface area contributed by atoms with Gasteiger partial charge in [0, 0.05) is 18.2 Å². The van der Waals surface area contributed by atoms with Crippen LogP contribution >= 0.6 is 23.1 Å². The Morgan fingerprint density at radius 1 is 1.37 bits per heavy atom. The lowest BCUT2D eigenvalue weighted by Crippen LogP contribution is -2.75. The number of nitrogen functional groups attached to an aromatic ring is 1. The highest BCUT2D eigenvalue weighted by atomic mass is 32.2. The van der Waals surface area contributed by atoms with Gasteiger partial charge in [0.15, 0.2) is 31.2 Å². The van der Waals surface area contributed by atoms with Gasteiger partial charge in [0.2, 0.25) is 0 Å². The molecule has 5 N–H and O–H groups in total. The average Bonchev–Trinajstić information content (AvgIpc) is 3.26. The summed E-state index contributed by atoms with van der Waals surface area (Å²) in [6.07, 6.45) is 0. The van der Waals surface area contributed by atoms with Crippen molar-refractivity contribution >= 4 is 61.6 Å². The van der Waals surface area contributed by atoms with Crippen molar-refractivity contribution in [1.82, 2.24) is 30.0 Å². The van der Waals surface area contributed by atoms with Gasteiger partial charge >= 0.3 is 11.5 Å². The van der Waals surface area contributed by atoms with Gasteiger partial charge < -0.3 is 26.1 Å². The maximum atomic E-state index is 13.1. The number of thiazole rings is 1. The van der Waals surface area contributed by atoms with Crippen LogP contribution in [-0.4, -0.2) is 96.8 Å². The van der Waals surface area contributed by atoms with E-state index in [1.54, 1.807) is 0 Å². The number of nitrogens with two attached hydrogens (primary N) is 1. The molecular formula is C18H18N8O9S3. The molecule has 1 saturated heterocycles. The second kappa shape index (κ2) is 10.0. The minimum atomic E-state index is -4.19. The Bertz CT molecular complexity index is 1580. The Morgan fingerprint density at radius 3 is 2.68 bits per heavy atom. The number of aromatic nitrogens is 4. The summed E-state index contributed by atoms with van der Waals surface area (Å²) in [5.41, 5.74) is 3.50. The van der Waals surface area contributed by atoms with E-state index < -0.39 is 61.9 Å². The summed E-state index contributed by atoms with van der Waals surface area (Å²) in [6.45, 7) is 0. The monoisotopic (exact) mass is 586 g/mol. The molecule has 0 saturated carbocycles. The molecule has 1 fully saturated rings. The van der Waals surface area contributed by atoms with Crippen LogP contribution in [0.1, 0.15) is 5.69 Å². The van der Waals surface area contributed by atoms with E-state index in [0.29, 0.717) is 4.90 Å². The van der Waals surface area contributed by atoms with Crippen LogP contribution in [0, 0.1) is 0 Å². The van der Waals surface area contributed by atoms with E-state index in [1.165, 1.54) is 12.4 Å². The minimum absolute atomic E-state index is 0.0270. The van der Waals surface area contributed by atoms with Crippen LogP contribution in [0.5, 0.6) is 5.88 Å². The number of carboxylic acids is 1. The van der Waals surface area contributed by atoms with Gasteiger partial charge in [-0.1, -0.05) is 16.9 Å². The molecule has 2 aromatic heterocycles.